The Bertz CT molecular complexity index is 477. The number of nitrogens with zero attached hydrogens (tertiary/aromatic N) is 2. The Morgan fingerprint density at radius 1 is 1.33 bits per heavy atom. The van der Waals surface area contributed by atoms with Crippen molar-refractivity contribution >= 4 is 23.2 Å². The van der Waals surface area contributed by atoms with Crippen LogP contribution in [0.15, 0.2) is 30.5 Å². The van der Waals surface area contributed by atoms with Gasteiger partial charge in [0, 0.05) is 6.20 Å². The van der Waals surface area contributed by atoms with Gasteiger partial charge in [-0.05, 0) is 30.7 Å². The minimum Gasteiger partial charge on any atom is -0.239 e. The summed E-state index contributed by atoms with van der Waals surface area (Å²) < 4.78 is 1.74. The summed E-state index contributed by atoms with van der Waals surface area (Å²) in [5.74, 6) is 0.413. The lowest BCUT2D eigenvalue weighted by atomic mass is 10.2. The standard InChI is InChI=1S/C11H10Cl2N2/c1-8-2-3-10(13)11(6-8)15-5-4-9(7-12)14-15/h2-6H,7H2,1H3. The predicted octanol–water partition coefficient (Wildman–Crippen LogP) is 3.57. The van der Waals surface area contributed by atoms with Crippen molar-refractivity contribution in [2.24, 2.45) is 0 Å². The molecule has 0 radical (unpaired) electrons. The molecule has 1 heterocycles. The van der Waals surface area contributed by atoms with Crippen molar-refractivity contribution < 1.29 is 0 Å². The molecule has 2 aromatic rings. The highest BCUT2D eigenvalue weighted by Crippen LogP contribution is 2.21. The monoisotopic (exact) mass is 240 g/mol. The number of benzene rings is 1. The largest absolute Gasteiger partial charge is 0.239 e. The van der Waals surface area contributed by atoms with Crippen molar-refractivity contribution in [1.82, 2.24) is 9.78 Å². The molecule has 15 heavy (non-hydrogen) atoms. The summed E-state index contributed by atoms with van der Waals surface area (Å²) in [5.41, 5.74) is 2.87. The quantitative estimate of drug-likeness (QED) is 0.735. The molecular weight excluding hydrogens is 231 g/mol. The smallest absolute Gasteiger partial charge is 0.0834 e. The number of hydrogen-bond acceptors (Lipinski definition) is 1. The molecule has 0 amide bonds. The van der Waals surface area contributed by atoms with E-state index in [-0.39, 0.29) is 0 Å². The van der Waals surface area contributed by atoms with E-state index in [2.05, 4.69) is 5.10 Å². The summed E-state index contributed by atoms with van der Waals surface area (Å²) in [6.07, 6.45) is 1.86. The third kappa shape index (κ3) is 2.16. The van der Waals surface area contributed by atoms with Gasteiger partial charge in [0.2, 0.25) is 0 Å². The molecule has 0 saturated heterocycles. The van der Waals surface area contributed by atoms with Gasteiger partial charge in [-0.25, -0.2) is 4.68 Å². The van der Waals surface area contributed by atoms with Crippen molar-refractivity contribution in [2.75, 3.05) is 0 Å². The number of halogens is 2. The molecule has 0 aliphatic rings. The zero-order valence-electron chi connectivity index (χ0n) is 8.24. The highest BCUT2D eigenvalue weighted by molar-refractivity contribution is 6.32. The van der Waals surface area contributed by atoms with Gasteiger partial charge in [-0.15, -0.1) is 11.6 Å². The maximum atomic E-state index is 6.09. The number of aryl methyl sites for hydroxylation is 1. The SMILES string of the molecule is Cc1ccc(Cl)c(-n2ccc(CCl)n2)c1. The Kier molecular flexibility index (Phi) is 2.98. The van der Waals surface area contributed by atoms with Gasteiger partial charge in [0.1, 0.15) is 0 Å². The summed E-state index contributed by atoms with van der Waals surface area (Å²) in [6, 6.07) is 7.71. The van der Waals surface area contributed by atoms with E-state index >= 15 is 0 Å². The molecule has 1 aromatic heterocycles. The molecule has 2 rings (SSSR count). The van der Waals surface area contributed by atoms with Crippen LogP contribution in [0.5, 0.6) is 0 Å². The Morgan fingerprint density at radius 2 is 2.13 bits per heavy atom. The Morgan fingerprint density at radius 3 is 2.80 bits per heavy atom. The predicted molar refractivity (Wildman–Crippen MR) is 62.9 cm³/mol. The Balaban J connectivity index is 2.48. The lowest BCUT2D eigenvalue weighted by Gasteiger charge is -2.05. The van der Waals surface area contributed by atoms with Crippen LogP contribution in [-0.4, -0.2) is 9.78 Å². The van der Waals surface area contributed by atoms with E-state index < -0.39 is 0 Å². The fourth-order valence-corrected chi connectivity index (χ4v) is 1.71. The fraction of sp³-hybridized carbons (Fsp3) is 0.182. The number of alkyl halides is 1. The van der Waals surface area contributed by atoms with Gasteiger partial charge in [-0.3, -0.25) is 0 Å². The zero-order valence-corrected chi connectivity index (χ0v) is 9.76. The molecule has 0 atom stereocenters. The third-order valence-corrected chi connectivity index (χ3v) is 2.72. The van der Waals surface area contributed by atoms with Crippen LogP contribution >= 0.6 is 23.2 Å². The molecule has 0 unspecified atom stereocenters. The molecule has 0 N–H and O–H groups in total. The van der Waals surface area contributed by atoms with Crippen molar-refractivity contribution in [3.05, 3.63) is 46.7 Å². The lowest BCUT2D eigenvalue weighted by molar-refractivity contribution is 0.858. The van der Waals surface area contributed by atoms with E-state index in [9.17, 15) is 0 Å². The number of rotatable bonds is 2. The van der Waals surface area contributed by atoms with E-state index in [1.807, 2.05) is 37.4 Å². The van der Waals surface area contributed by atoms with E-state index in [1.165, 1.54) is 0 Å². The molecule has 0 saturated carbocycles. The molecule has 2 nitrogen and oxygen atoms in total. The maximum absolute atomic E-state index is 6.09. The lowest BCUT2D eigenvalue weighted by Crippen LogP contribution is -1.97. The first-order chi connectivity index (χ1) is 7.20. The molecule has 4 heteroatoms. The summed E-state index contributed by atoms with van der Waals surface area (Å²) in [6.45, 7) is 2.02. The van der Waals surface area contributed by atoms with E-state index in [1.54, 1.807) is 4.68 Å². The van der Waals surface area contributed by atoms with Crippen LogP contribution < -0.4 is 0 Å². The minimum absolute atomic E-state index is 0.413. The average Bonchev–Trinajstić information content (AvgIpc) is 2.70. The summed E-state index contributed by atoms with van der Waals surface area (Å²) in [4.78, 5) is 0. The van der Waals surface area contributed by atoms with E-state index in [4.69, 9.17) is 23.2 Å². The molecule has 0 aliphatic heterocycles. The molecule has 78 valence electrons. The average molecular weight is 241 g/mol. The second-order valence-electron chi connectivity index (χ2n) is 3.34. The summed E-state index contributed by atoms with van der Waals surface area (Å²) in [7, 11) is 0. The van der Waals surface area contributed by atoms with Gasteiger partial charge in [-0.1, -0.05) is 17.7 Å². The third-order valence-electron chi connectivity index (χ3n) is 2.13. The minimum atomic E-state index is 0.413. The number of aromatic nitrogens is 2. The fourth-order valence-electron chi connectivity index (χ4n) is 1.37. The van der Waals surface area contributed by atoms with E-state index in [0.29, 0.717) is 10.9 Å². The second kappa shape index (κ2) is 4.25. The first-order valence-corrected chi connectivity index (χ1v) is 5.49. The van der Waals surface area contributed by atoms with Crippen molar-refractivity contribution in [1.29, 1.82) is 0 Å². The summed E-state index contributed by atoms with van der Waals surface area (Å²) >= 11 is 11.8. The van der Waals surface area contributed by atoms with Crippen molar-refractivity contribution in [2.45, 2.75) is 12.8 Å². The van der Waals surface area contributed by atoms with Crippen LogP contribution in [0.2, 0.25) is 5.02 Å². The van der Waals surface area contributed by atoms with E-state index in [0.717, 1.165) is 16.9 Å². The van der Waals surface area contributed by atoms with Crippen LogP contribution in [0.1, 0.15) is 11.3 Å². The maximum Gasteiger partial charge on any atom is 0.0834 e. The highest BCUT2D eigenvalue weighted by Gasteiger charge is 2.04. The first-order valence-electron chi connectivity index (χ1n) is 4.58. The van der Waals surface area contributed by atoms with Crippen LogP contribution in [0.3, 0.4) is 0 Å². The first kappa shape index (κ1) is 10.5. The van der Waals surface area contributed by atoms with Gasteiger partial charge < -0.3 is 0 Å². The molecule has 0 spiro atoms. The molecule has 0 bridgehead atoms. The molecule has 0 fully saturated rings. The normalized spacial score (nSPS) is 10.6. The van der Waals surface area contributed by atoms with Crippen LogP contribution in [-0.2, 0) is 5.88 Å². The molecular formula is C11H10Cl2N2. The van der Waals surface area contributed by atoms with Gasteiger partial charge in [0.25, 0.3) is 0 Å². The second-order valence-corrected chi connectivity index (χ2v) is 4.01. The zero-order chi connectivity index (χ0) is 10.8. The molecule has 1 aromatic carbocycles. The van der Waals surface area contributed by atoms with Crippen molar-refractivity contribution in [3.8, 4) is 5.69 Å². The van der Waals surface area contributed by atoms with Gasteiger partial charge in [-0.2, -0.15) is 5.10 Å². The Labute approximate surface area is 98.4 Å². The van der Waals surface area contributed by atoms with Crippen LogP contribution in [0.25, 0.3) is 5.69 Å². The Hall–Kier alpha value is -0.990. The highest BCUT2D eigenvalue weighted by atomic mass is 35.5. The molecule has 0 aliphatic carbocycles. The van der Waals surface area contributed by atoms with Gasteiger partial charge >= 0.3 is 0 Å². The number of hydrogen-bond donors (Lipinski definition) is 0. The van der Waals surface area contributed by atoms with Gasteiger partial charge in [0.15, 0.2) is 0 Å². The van der Waals surface area contributed by atoms with Crippen LogP contribution in [0.4, 0.5) is 0 Å². The summed E-state index contributed by atoms with van der Waals surface area (Å²) in [5, 5.41) is 4.99. The van der Waals surface area contributed by atoms with Crippen molar-refractivity contribution in [3.63, 3.8) is 0 Å². The van der Waals surface area contributed by atoms with Crippen LogP contribution in [0, 0.1) is 6.92 Å². The van der Waals surface area contributed by atoms with Gasteiger partial charge in [0.05, 0.1) is 22.3 Å². The topological polar surface area (TPSA) is 17.8 Å².